The van der Waals surface area contributed by atoms with Crippen LogP contribution in [0.2, 0.25) is 0 Å². The highest BCUT2D eigenvalue weighted by Gasteiger charge is 2.32. The topological polar surface area (TPSA) is 26.3 Å². The molecule has 0 unspecified atom stereocenters. The van der Waals surface area contributed by atoms with Gasteiger partial charge in [0.1, 0.15) is 6.10 Å². The Hall–Kier alpha value is -1.71. The lowest BCUT2D eigenvalue weighted by Crippen LogP contribution is -2.29. The van der Waals surface area contributed by atoms with Crippen molar-refractivity contribution < 1.29 is 18.3 Å². The third-order valence-corrected chi connectivity index (χ3v) is 6.68. The Balaban J connectivity index is 1.40. The van der Waals surface area contributed by atoms with Crippen molar-refractivity contribution in [3.63, 3.8) is 0 Å². The monoisotopic (exact) mass is 390 g/mol. The normalized spacial score (nSPS) is 28.4. The van der Waals surface area contributed by atoms with Crippen LogP contribution in [0.15, 0.2) is 30.4 Å². The van der Waals surface area contributed by atoms with Crippen LogP contribution in [-0.4, -0.2) is 12.1 Å². The molecule has 0 saturated heterocycles. The van der Waals surface area contributed by atoms with E-state index in [9.17, 15) is 13.6 Å². The fourth-order valence-corrected chi connectivity index (χ4v) is 4.97. The lowest BCUT2D eigenvalue weighted by molar-refractivity contribution is 0.0109. The predicted molar refractivity (Wildman–Crippen MR) is 107 cm³/mol. The molecule has 2 nitrogen and oxygen atoms in total. The third kappa shape index (κ3) is 5.65. The van der Waals surface area contributed by atoms with E-state index in [1.54, 1.807) is 0 Å². The average Bonchev–Trinajstić information content (AvgIpc) is 2.71. The number of hydrogen-bond acceptors (Lipinski definition) is 2. The summed E-state index contributed by atoms with van der Waals surface area (Å²) in [5.74, 6) is -0.0616. The summed E-state index contributed by atoms with van der Waals surface area (Å²) in [5, 5.41) is 0. The summed E-state index contributed by atoms with van der Waals surface area (Å²) < 4.78 is 31.9. The minimum Gasteiger partial charge on any atom is -0.459 e. The van der Waals surface area contributed by atoms with Gasteiger partial charge < -0.3 is 4.74 Å². The number of rotatable bonds is 6. The molecule has 2 aliphatic carbocycles. The van der Waals surface area contributed by atoms with Crippen LogP contribution >= 0.6 is 0 Å². The summed E-state index contributed by atoms with van der Waals surface area (Å²) in [6.45, 7) is 2.09. The Kier molecular flexibility index (Phi) is 7.64. The summed E-state index contributed by atoms with van der Waals surface area (Å²) >= 11 is 0. The van der Waals surface area contributed by atoms with Gasteiger partial charge in [0, 0.05) is 0 Å². The number of halogens is 2. The molecule has 0 amide bonds. The van der Waals surface area contributed by atoms with Gasteiger partial charge in [-0.15, -0.1) is 0 Å². The molecule has 0 heterocycles. The largest absolute Gasteiger partial charge is 0.459 e. The quantitative estimate of drug-likeness (QED) is 0.392. The molecule has 1 aromatic carbocycles. The van der Waals surface area contributed by atoms with Crippen molar-refractivity contribution in [3.05, 3.63) is 47.5 Å². The lowest BCUT2D eigenvalue weighted by Gasteiger charge is -2.37. The van der Waals surface area contributed by atoms with Crippen LogP contribution in [-0.2, 0) is 4.74 Å². The van der Waals surface area contributed by atoms with Crippen LogP contribution in [0.3, 0.4) is 0 Å². The van der Waals surface area contributed by atoms with Gasteiger partial charge in [0.2, 0.25) is 0 Å². The Labute approximate surface area is 167 Å². The van der Waals surface area contributed by atoms with Gasteiger partial charge in [0.15, 0.2) is 11.6 Å². The Morgan fingerprint density at radius 3 is 2.25 bits per heavy atom. The van der Waals surface area contributed by atoms with E-state index in [1.807, 2.05) is 0 Å². The Morgan fingerprint density at radius 1 is 1.00 bits per heavy atom. The number of ether oxygens (including phenoxy) is 1. The lowest BCUT2D eigenvalue weighted by atomic mass is 9.70. The number of benzene rings is 1. The van der Waals surface area contributed by atoms with Gasteiger partial charge in [-0.1, -0.05) is 25.0 Å². The van der Waals surface area contributed by atoms with Crippen LogP contribution in [0.4, 0.5) is 8.78 Å². The van der Waals surface area contributed by atoms with Crippen LogP contribution in [0, 0.1) is 29.4 Å². The number of carbonyl (C=O) groups is 1. The molecule has 3 rings (SSSR count). The molecule has 0 N–H and O–H groups in total. The fourth-order valence-electron chi connectivity index (χ4n) is 4.97. The first-order valence-electron chi connectivity index (χ1n) is 10.8. The number of carbonyl (C=O) groups excluding carboxylic acids is 1. The Bertz CT molecular complexity index is 669. The molecule has 154 valence electrons. The van der Waals surface area contributed by atoms with Gasteiger partial charge in [-0.05, 0) is 94.2 Å². The van der Waals surface area contributed by atoms with Gasteiger partial charge in [0.05, 0.1) is 5.56 Å². The van der Waals surface area contributed by atoms with Crippen LogP contribution in [0.5, 0.6) is 0 Å². The molecular weight excluding hydrogens is 358 g/mol. The zero-order chi connectivity index (χ0) is 19.9. The minimum absolute atomic E-state index is 0.0808. The highest BCUT2D eigenvalue weighted by Crippen LogP contribution is 2.41. The van der Waals surface area contributed by atoms with E-state index in [2.05, 4.69) is 19.1 Å². The maximum Gasteiger partial charge on any atom is 0.338 e. The number of esters is 1. The summed E-state index contributed by atoms with van der Waals surface area (Å²) in [4.78, 5) is 12.2. The standard InChI is InChI=1S/C24H32F2O2/c1-2-3-4-5-17-6-8-18(9-7-17)19-10-13-21(14-11-19)28-24(27)20-12-15-22(25)23(26)16-20/h2-3,12,15-19,21H,4-11,13-14H2,1H3/b3-2+/t17-,18-,19-,21-. The van der Waals surface area contributed by atoms with Gasteiger partial charge in [-0.25, -0.2) is 13.6 Å². The van der Waals surface area contributed by atoms with Crippen molar-refractivity contribution in [1.82, 2.24) is 0 Å². The van der Waals surface area contributed by atoms with Crippen LogP contribution < -0.4 is 0 Å². The molecule has 4 heteroatoms. The molecule has 2 saturated carbocycles. The first kappa shape index (κ1) is 21.0. The van der Waals surface area contributed by atoms with Crippen molar-refractivity contribution in [2.45, 2.75) is 77.2 Å². The van der Waals surface area contributed by atoms with E-state index in [0.717, 1.165) is 55.6 Å². The maximum absolute atomic E-state index is 13.3. The smallest absolute Gasteiger partial charge is 0.338 e. The molecule has 28 heavy (non-hydrogen) atoms. The molecule has 0 bridgehead atoms. The Morgan fingerprint density at radius 2 is 1.64 bits per heavy atom. The van der Waals surface area contributed by atoms with Crippen molar-refractivity contribution >= 4 is 5.97 Å². The molecule has 0 aromatic heterocycles. The van der Waals surface area contributed by atoms with Gasteiger partial charge in [-0.2, -0.15) is 0 Å². The van der Waals surface area contributed by atoms with E-state index in [1.165, 1.54) is 44.6 Å². The second-order valence-electron chi connectivity index (χ2n) is 8.50. The fraction of sp³-hybridized carbons (Fsp3) is 0.625. The van der Waals surface area contributed by atoms with Crippen LogP contribution in [0.1, 0.15) is 81.5 Å². The van der Waals surface area contributed by atoms with Gasteiger partial charge >= 0.3 is 5.97 Å². The van der Waals surface area contributed by atoms with Crippen molar-refractivity contribution in [1.29, 1.82) is 0 Å². The molecule has 2 fully saturated rings. The van der Waals surface area contributed by atoms with E-state index in [4.69, 9.17) is 4.74 Å². The van der Waals surface area contributed by atoms with Crippen molar-refractivity contribution in [3.8, 4) is 0 Å². The first-order valence-corrected chi connectivity index (χ1v) is 10.8. The number of hydrogen-bond donors (Lipinski definition) is 0. The zero-order valence-corrected chi connectivity index (χ0v) is 16.8. The van der Waals surface area contributed by atoms with Crippen molar-refractivity contribution in [2.24, 2.45) is 17.8 Å². The molecule has 0 spiro atoms. The van der Waals surface area contributed by atoms with E-state index < -0.39 is 17.6 Å². The molecule has 0 aliphatic heterocycles. The van der Waals surface area contributed by atoms with E-state index >= 15 is 0 Å². The predicted octanol–water partition coefficient (Wildman–Crippen LogP) is 6.84. The van der Waals surface area contributed by atoms with Gasteiger partial charge in [0.25, 0.3) is 0 Å². The van der Waals surface area contributed by atoms with Crippen LogP contribution in [0.25, 0.3) is 0 Å². The highest BCUT2D eigenvalue weighted by atomic mass is 19.2. The molecule has 0 atom stereocenters. The molecular formula is C24H32F2O2. The SMILES string of the molecule is C/C=C/CC[C@H]1CC[C@H]([C@H]2CC[C@H](OC(=O)c3ccc(F)c(F)c3)CC2)CC1. The second kappa shape index (κ2) is 10.2. The summed E-state index contributed by atoms with van der Waals surface area (Å²) in [6.07, 6.45) is 16.2. The summed E-state index contributed by atoms with van der Waals surface area (Å²) in [6, 6.07) is 3.16. The minimum atomic E-state index is -1.01. The van der Waals surface area contributed by atoms with Gasteiger partial charge in [-0.3, -0.25) is 0 Å². The third-order valence-electron chi connectivity index (χ3n) is 6.68. The van der Waals surface area contributed by atoms with Crippen molar-refractivity contribution in [2.75, 3.05) is 0 Å². The number of allylic oxidation sites excluding steroid dienone is 2. The molecule has 0 radical (unpaired) electrons. The second-order valence-corrected chi connectivity index (χ2v) is 8.50. The molecule has 2 aliphatic rings. The highest BCUT2D eigenvalue weighted by molar-refractivity contribution is 5.89. The van der Waals surface area contributed by atoms with E-state index in [0.29, 0.717) is 0 Å². The average molecular weight is 391 g/mol. The maximum atomic E-state index is 13.3. The first-order chi connectivity index (χ1) is 13.6. The zero-order valence-electron chi connectivity index (χ0n) is 16.8. The molecule has 1 aromatic rings. The van der Waals surface area contributed by atoms with E-state index in [-0.39, 0.29) is 11.7 Å². The summed E-state index contributed by atoms with van der Waals surface area (Å²) in [5.41, 5.74) is 0.0808. The summed E-state index contributed by atoms with van der Waals surface area (Å²) in [7, 11) is 0.